The summed E-state index contributed by atoms with van der Waals surface area (Å²) in [5, 5.41) is -0.363. The Morgan fingerprint density at radius 1 is 1.05 bits per heavy atom. The first-order chi connectivity index (χ1) is 8.94. The molecule has 0 heterocycles. The molecule has 1 aliphatic rings. The zero-order valence-electron chi connectivity index (χ0n) is 10.2. The molecule has 2 N–H and O–H groups in total. The highest BCUT2D eigenvalue weighted by molar-refractivity contribution is 9.10. The van der Waals surface area contributed by atoms with Crippen molar-refractivity contribution in [2.45, 2.75) is 37.5 Å². The molecule has 0 aliphatic heterocycles. The number of rotatable bonds is 2. The molecular formula is C13H14BrClF3N. The van der Waals surface area contributed by atoms with Crippen molar-refractivity contribution < 1.29 is 13.2 Å². The van der Waals surface area contributed by atoms with Gasteiger partial charge in [-0.25, -0.2) is 13.2 Å². The van der Waals surface area contributed by atoms with Crippen molar-refractivity contribution in [3.8, 4) is 0 Å². The van der Waals surface area contributed by atoms with Gasteiger partial charge in [0.25, 0.3) is 0 Å². The summed E-state index contributed by atoms with van der Waals surface area (Å²) >= 11 is 8.58. The van der Waals surface area contributed by atoms with Crippen molar-refractivity contribution in [2.24, 2.45) is 5.73 Å². The van der Waals surface area contributed by atoms with Crippen LogP contribution in [0.25, 0.3) is 0 Å². The Kier molecular flexibility index (Phi) is 4.48. The Balaban J connectivity index is 2.67. The molecule has 1 aliphatic carbocycles. The van der Waals surface area contributed by atoms with E-state index in [-0.39, 0.29) is 17.1 Å². The van der Waals surface area contributed by atoms with E-state index in [2.05, 4.69) is 15.9 Å². The van der Waals surface area contributed by atoms with Crippen molar-refractivity contribution in [3.05, 3.63) is 32.5 Å². The minimum absolute atomic E-state index is 0.102. The third-order valence-corrected chi connectivity index (χ3v) is 4.99. The van der Waals surface area contributed by atoms with E-state index in [1.165, 1.54) is 0 Å². The average molecular weight is 357 g/mol. The van der Waals surface area contributed by atoms with E-state index in [9.17, 15) is 13.2 Å². The van der Waals surface area contributed by atoms with E-state index in [4.69, 9.17) is 17.3 Å². The molecule has 106 valence electrons. The largest absolute Gasteiger partial charge is 0.330 e. The van der Waals surface area contributed by atoms with Gasteiger partial charge in [0.15, 0.2) is 17.5 Å². The van der Waals surface area contributed by atoms with Crippen LogP contribution in [0.5, 0.6) is 0 Å². The van der Waals surface area contributed by atoms with Gasteiger partial charge in [0.05, 0.1) is 9.50 Å². The van der Waals surface area contributed by atoms with Crippen LogP contribution >= 0.6 is 27.5 Å². The smallest absolute Gasteiger partial charge is 0.176 e. The Morgan fingerprint density at radius 3 is 2.16 bits per heavy atom. The first kappa shape index (κ1) is 15.1. The normalized spacial score (nSPS) is 18.6. The molecule has 0 radical (unpaired) electrons. The maximum absolute atomic E-state index is 14.2. The second-order valence-corrected chi connectivity index (χ2v) is 6.16. The predicted molar refractivity (Wildman–Crippen MR) is 72.8 cm³/mol. The van der Waals surface area contributed by atoms with Gasteiger partial charge in [0.2, 0.25) is 0 Å². The van der Waals surface area contributed by atoms with E-state index in [0.717, 1.165) is 19.3 Å². The summed E-state index contributed by atoms with van der Waals surface area (Å²) in [5.74, 6) is -3.30. The monoisotopic (exact) mass is 355 g/mol. The topological polar surface area (TPSA) is 26.0 Å². The number of hydrogen-bond donors (Lipinski definition) is 1. The van der Waals surface area contributed by atoms with Crippen molar-refractivity contribution in [1.82, 2.24) is 0 Å². The van der Waals surface area contributed by atoms with Gasteiger partial charge in [-0.2, -0.15) is 0 Å². The molecule has 1 fully saturated rings. The first-order valence-corrected chi connectivity index (χ1v) is 7.33. The van der Waals surface area contributed by atoms with Gasteiger partial charge in [-0.3, -0.25) is 0 Å². The zero-order valence-corrected chi connectivity index (χ0v) is 12.6. The number of hydrogen-bond acceptors (Lipinski definition) is 1. The van der Waals surface area contributed by atoms with Crippen LogP contribution < -0.4 is 5.73 Å². The highest BCUT2D eigenvalue weighted by atomic mass is 79.9. The van der Waals surface area contributed by atoms with Crippen LogP contribution in [-0.4, -0.2) is 6.54 Å². The lowest BCUT2D eigenvalue weighted by Crippen LogP contribution is -2.38. The molecule has 0 atom stereocenters. The van der Waals surface area contributed by atoms with E-state index in [1.807, 2.05) is 0 Å². The summed E-state index contributed by atoms with van der Waals surface area (Å²) in [6.45, 7) is 0.129. The third-order valence-electron chi connectivity index (χ3n) is 3.94. The second-order valence-electron chi connectivity index (χ2n) is 4.99. The Hall–Kier alpha value is -0.260. The average Bonchev–Trinajstić information content (AvgIpc) is 2.44. The van der Waals surface area contributed by atoms with Crippen molar-refractivity contribution in [2.75, 3.05) is 6.54 Å². The number of benzene rings is 1. The molecule has 6 heteroatoms. The van der Waals surface area contributed by atoms with Crippen LogP contribution in [0.15, 0.2) is 4.47 Å². The van der Waals surface area contributed by atoms with E-state index < -0.39 is 27.3 Å². The van der Waals surface area contributed by atoms with E-state index in [0.29, 0.717) is 12.8 Å². The molecule has 19 heavy (non-hydrogen) atoms. The summed E-state index contributed by atoms with van der Waals surface area (Å²) in [5.41, 5.74) is 4.90. The van der Waals surface area contributed by atoms with Crippen LogP contribution in [0.4, 0.5) is 13.2 Å². The minimum Gasteiger partial charge on any atom is -0.330 e. The molecule has 0 spiro atoms. The number of nitrogens with two attached hydrogens (primary N) is 1. The summed E-state index contributed by atoms with van der Waals surface area (Å²) < 4.78 is 41.2. The molecule has 1 aromatic carbocycles. The van der Waals surface area contributed by atoms with Crippen molar-refractivity contribution in [3.63, 3.8) is 0 Å². The summed E-state index contributed by atoms with van der Waals surface area (Å²) in [6.07, 6.45) is 3.92. The molecule has 0 saturated heterocycles. The quantitative estimate of drug-likeness (QED) is 0.604. The van der Waals surface area contributed by atoms with Crippen LogP contribution in [0, 0.1) is 17.5 Å². The fourth-order valence-corrected chi connectivity index (χ4v) is 3.72. The maximum atomic E-state index is 14.2. The lowest BCUT2D eigenvalue weighted by atomic mass is 9.69. The molecule has 0 unspecified atom stereocenters. The van der Waals surface area contributed by atoms with Crippen LogP contribution in [0.1, 0.15) is 37.7 Å². The minimum atomic E-state index is -1.24. The van der Waals surface area contributed by atoms with Crippen molar-refractivity contribution in [1.29, 1.82) is 0 Å². The number of halogens is 5. The molecular weight excluding hydrogens is 343 g/mol. The van der Waals surface area contributed by atoms with Gasteiger partial charge < -0.3 is 5.73 Å². The third kappa shape index (κ3) is 2.41. The maximum Gasteiger partial charge on any atom is 0.176 e. The highest BCUT2D eigenvalue weighted by Gasteiger charge is 2.39. The molecule has 2 rings (SSSR count). The first-order valence-electron chi connectivity index (χ1n) is 6.16. The van der Waals surface area contributed by atoms with Crippen LogP contribution in [0.3, 0.4) is 0 Å². The summed E-state index contributed by atoms with van der Waals surface area (Å²) in [4.78, 5) is 0. The molecule has 0 amide bonds. The molecule has 0 aromatic heterocycles. The van der Waals surface area contributed by atoms with Gasteiger partial charge in [-0.05, 0) is 28.8 Å². The summed E-state index contributed by atoms with van der Waals surface area (Å²) in [7, 11) is 0. The molecule has 1 nitrogen and oxygen atoms in total. The molecule has 1 aromatic rings. The van der Waals surface area contributed by atoms with Crippen molar-refractivity contribution >= 4 is 27.5 Å². The van der Waals surface area contributed by atoms with Crippen LogP contribution in [-0.2, 0) is 5.41 Å². The lowest BCUT2D eigenvalue weighted by Gasteiger charge is -2.37. The van der Waals surface area contributed by atoms with Gasteiger partial charge in [-0.1, -0.05) is 30.9 Å². The fraction of sp³-hybridized carbons (Fsp3) is 0.538. The highest BCUT2D eigenvalue weighted by Crippen LogP contribution is 2.45. The summed E-state index contributed by atoms with van der Waals surface area (Å²) in [6, 6.07) is 0. The van der Waals surface area contributed by atoms with Gasteiger partial charge in [0, 0.05) is 17.5 Å². The van der Waals surface area contributed by atoms with Crippen LogP contribution in [0.2, 0.25) is 5.02 Å². The predicted octanol–water partition coefficient (Wildman–Crippen LogP) is 4.68. The van der Waals surface area contributed by atoms with Gasteiger partial charge >= 0.3 is 0 Å². The molecule has 1 saturated carbocycles. The van der Waals surface area contributed by atoms with E-state index in [1.54, 1.807) is 0 Å². The lowest BCUT2D eigenvalue weighted by molar-refractivity contribution is 0.286. The Bertz CT molecular complexity index is 472. The SMILES string of the molecule is NCC1(c2c(F)c(F)c(Br)c(F)c2Cl)CCCCC1. The van der Waals surface area contributed by atoms with Gasteiger partial charge in [-0.15, -0.1) is 0 Å². The Morgan fingerprint density at radius 2 is 1.63 bits per heavy atom. The fourth-order valence-electron chi connectivity index (χ4n) is 2.86. The van der Waals surface area contributed by atoms with Gasteiger partial charge in [0.1, 0.15) is 0 Å². The Labute approximate surface area is 123 Å². The van der Waals surface area contributed by atoms with E-state index >= 15 is 0 Å². The second kappa shape index (κ2) is 5.62. The standard InChI is InChI=1S/C13H14BrClF3N/c14-8-11(17)9(15)7(10(16)12(8)18)13(6-19)4-2-1-3-5-13/h1-6,19H2. The zero-order chi connectivity index (χ0) is 14.2. The molecule has 0 bridgehead atoms.